The highest BCUT2D eigenvalue weighted by Crippen LogP contribution is 2.28. The fourth-order valence-corrected chi connectivity index (χ4v) is 2.07. The van der Waals surface area contributed by atoms with E-state index in [9.17, 15) is 15.0 Å². The second-order valence-corrected chi connectivity index (χ2v) is 4.52. The molecule has 2 heterocycles. The lowest BCUT2D eigenvalue weighted by atomic mass is 10.1. The minimum atomic E-state index is -0.281. The first-order chi connectivity index (χ1) is 10.0. The standard InChI is InChI=1S/C14H12N4O3/c1-8(19)16-10-4-2-9(3-5-10)11-7-15-18-13(21)6-12(20)17-14(11)18/h2-7,21H,1H3,(H,16,19)(H,17,20). The Labute approximate surface area is 119 Å². The number of nitrogens with one attached hydrogen (secondary N) is 1. The Hall–Kier alpha value is -3.09. The minimum absolute atomic E-state index is 0.143. The first-order valence-electron chi connectivity index (χ1n) is 6.19. The molecule has 0 radical (unpaired) electrons. The van der Waals surface area contributed by atoms with Crippen LogP contribution >= 0.6 is 0 Å². The predicted molar refractivity (Wildman–Crippen MR) is 76.1 cm³/mol. The van der Waals surface area contributed by atoms with Crippen molar-refractivity contribution in [1.82, 2.24) is 14.6 Å². The van der Waals surface area contributed by atoms with Gasteiger partial charge in [-0.2, -0.15) is 14.6 Å². The molecule has 2 aromatic heterocycles. The molecular formula is C14H12N4O3. The van der Waals surface area contributed by atoms with Crippen molar-refractivity contribution in [2.75, 3.05) is 5.32 Å². The van der Waals surface area contributed by atoms with Gasteiger partial charge in [0.15, 0.2) is 5.65 Å². The van der Waals surface area contributed by atoms with Crippen molar-refractivity contribution in [3.05, 3.63) is 36.5 Å². The van der Waals surface area contributed by atoms with Crippen molar-refractivity contribution in [2.45, 2.75) is 6.92 Å². The third-order valence-corrected chi connectivity index (χ3v) is 2.96. The Morgan fingerprint density at radius 3 is 2.62 bits per heavy atom. The average molecular weight is 284 g/mol. The van der Waals surface area contributed by atoms with E-state index in [1.165, 1.54) is 11.4 Å². The maximum atomic E-state index is 11.0. The summed E-state index contributed by atoms with van der Waals surface area (Å²) in [5.74, 6) is -0.620. The molecule has 0 unspecified atom stereocenters. The van der Waals surface area contributed by atoms with E-state index in [-0.39, 0.29) is 17.7 Å². The molecule has 0 spiro atoms. The van der Waals surface area contributed by atoms with Crippen LogP contribution in [0.2, 0.25) is 0 Å². The lowest BCUT2D eigenvalue weighted by molar-refractivity contribution is -0.114. The molecule has 0 aliphatic heterocycles. The van der Waals surface area contributed by atoms with Gasteiger partial charge in [0.05, 0.1) is 12.3 Å². The van der Waals surface area contributed by atoms with Crippen LogP contribution in [0.1, 0.15) is 6.92 Å². The number of anilines is 1. The molecule has 1 aromatic carbocycles. The number of aromatic hydroxyl groups is 2. The van der Waals surface area contributed by atoms with E-state index in [4.69, 9.17) is 0 Å². The van der Waals surface area contributed by atoms with Crippen LogP contribution in [0.25, 0.3) is 16.8 Å². The van der Waals surface area contributed by atoms with Gasteiger partial charge in [0.1, 0.15) is 0 Å². The number of aromatic nitrogens is 3. The minimum Gasteiger partial charge on any atom is -0.493 e. The number of fused-ring (bicyclic) bond motifs is 1. The van der Waals surface area contributed by atoms with Crippen LogP contribution in [-0.4, -0.2) is 30.7 Å². The molecule has 3 aromatic rings. The Bertz CT molecular complexity index is 824. The Balaban J connectivity index is 2.06. The van der Waals surface area contributed by atoms with Crippen LogP contribution in [0.3, 0.4) is 0 Å². The Morgan fingerprint density at radius 2 is 1.95 bits per heavy atom. The number of hydrogen-bond acceptors (Lipinski definition) is 5. The summed E-state index contributed by atoms with van der Waals surface area (Å²) in [6.45, 7) is 1.44. The second kappa shape index (κ2) is 4.78. The van der Waals surface area contributed by atoms with E-state index >= 15 is 0 Å². The summed E-state index contributed by atoms with van der Waals surface area (Å²) >= 11 is 0. The SMILES string of the molecule is CC(=O)Nc1ccc(-c2cnn3c(O)cc(O)nc23)cc1. The van der Waals surface area contributed by atoms with Crippen molar-refractivity contribution in [3.63, 3.8) is 0 Å². The lowest BCUT2D eigenvalue weighted by Gasteiger charge is -2.04. The predicted octanol–water partition coefficient (Wildman–Crippen LogP) is 1.77. The smallest absolute Gasteiger partial charge is 0.221 e. The largest absolute Gasteiger partial charge is 0.493 e. The maximum Gasteiger partial charge on any atom is 0.221 e. The van der Waals surface area contributed by atoms with Crippen LogP contribution < -0.4 is 5.32 Å². The lowest BCUT2D eigenvalue weighted by Crippen LogP contribution is -2.05. The summed E-state index contributed by atoms with van der Waals surface area (Å²) in [6, 6.07) is 8.21. The molecule has 3 rings (SSSR count). The molecule has 7 nitrogen and oxygen atoms in total. The Morgan fingerprint density at radius 1 is 1.24 bits per heavy atom. The van der Waals surface area contributed by atoms with Crippen molar-refractivity contribution < 1.29 is 15.0 Å². The number of benzene rings is 1. The third-order valence-electron chi connectivity index (χ3n) is 2.96. The van der Waals surface area contributed by atoms with Gasteiger partial charge in [-0.3, -0.25) is 4.79 Å². The number of carbonyl (C=O) groups excluding carboxylic acids is 1. The Kier molecular flexibility index (Phi) is 2.94. The first-order valence-corrected chi connectivity index (χ1v) is 6.19. The number of nitrogens with zero attached hydrogens (tertiary/aromatic N) is 3. The van der Waals surface area contributed by atoms with E-state index in [1.807, 2.05) is 0 Å². The fraction of sp³-hybridized carbons (Fsp3) is 0.0714. The van der Waals surface area contributed by atoms with E-state index in [1.54, 1.807) is 30.5 Å². The molecule has 0 fully saturated rings. The highest BCUT2D eigenvalue weighted by molar-refractivity contribution is 5.89. The van der Waals surface area contributed by atoms with Gasteiger partial charge in [0.2, 0.25) is 17.7 Å². The van der Waals surface area contributed by atoms with Crippen molar-refractivity contribution >= 4 is 17.2 Å². The molecule has 0 aliphatic rings. The highest BCUT2D eigenvalue weighted by atomic mass is 16.3. The normalized spacial score (nSPS) is 10.7. The van der Waals surface area contributed by atoms with Crippen LogP contribution in [0, 0.1) is 0 Å². The molecule has 7 heteroatoms. The van der Waals surface area contributed by atoms with Crippen LogP contribution in [0.4, 0.5) is 5.69 Å². The summed E-state index contributed by atoms with van der Waals surface area (Å²) < 4.78 is 1.23. The molecule has 0 saturated carbocycles. The summed E-state index contributed by atoms with van der Waals surface area (Å²) in [4.78, 5) is 15.0. The van der Waals surface area contributed by atoms with Gasteiger partial charge >= 0.3 is 0 Å². The monoisotopic (exact) mass is 284 g/mol. The fourth-order valence-electron chi connectivity index (χ4n) is 2.07. The number of rotatable bonds is 2. The van der Waals surface area contributed by atoms with Gasteiger partial charge in [-0.15, -0.1) is 0 Å². The zero-order valence-corrected chi connectivity index (χ0v) is 11.1. The molecule has 3 N–H and O–H groups in total. The molecule has 106 valence electrons. The van der Waals surface area contributed by atoms with E-state index in [0.717, 1.165) is 11.6 Å². The highest BCUT2D eigenvalue weighted by Gasteiger charge is 2.12. The average Bonchev–Trinajstić information content (AvgIpc) is 2.83. The van der Waals surface area contributed by atoms with Crippen LogP contribution in [-0.2, 0) is 4.79 Å². The zero-order valence-electron chi connectivity index (χ0n) is 11.1. The van der Waals surface area contributed by atoms with Crippen molar-refractivity contribution in [3.8, 4) is 22.9 Å². The van der Waals surface area contributed by atoms with Gasteiger partial charge in [-0.05, 0) is 17.7 Å². The molecule has 0 atom stereocenters. The van der Waals surface area contributed by atoms with Crippen molar-refractivity contribution in [1.29, 1.82) is 0 Å². The molecule has 1 amide bonds. The summed E-state index contributed by atoms with van der Waals surface area (Å²) in [6.07, 6.45) is 1.55. The van der Waals surface area contributed by atoms with Gasteiger partial charge < -0.3 is 15.5 Å². The quantitative estimate of drug-likeness (QED) is 0.666. The van der Waals surface area contributed by atoms with Gasteiger partial charge in [0.25, 0.3) is 0 Å². The third kappa shape index (κ3) is 2.36. The number of amides is 1. The topological polar surface area (TPSA) is 99.8 Å². The van der Waals surface area contributed by atoms with Crippen molar-refractivity contribution in [2.24, 2.45) is 0 Å². The number of hydrogen-bond donors (Lipinski definition) is 3. The molecular weight excluding hydrogens is 272 g/mol. The molecule has 21 heavy (non-hydrogen) atoms. The summed E-state index contributed by atoms with van der Waals surface area (Å²) in [5.41, 5.74) is 2.49. The molecule has 0 aliphatic carbocycles. The summed E-state index contributed by atoms with van der Waals surface area (Å²) in [5, 5.41) is 25.9. The summed E-state index contributed by atoms with van der Waals surface area (Å²) in [7, 11) is 0. The van der Waals surface area contributed by atoms with E-state index < -0.39 is 0 Å². The van der Waals surface area contributed by atoms with Crippen LogP contribution in [0.5, 0.6) is 11.8 Å². The van der Waals surface area contributed by atoms with E-state index in [0.29, 0.717) is 16.9 Å². The van der Waals surface area contributed by atoms with Gasteiger partial charge in [-0.25, -0.2) is 0 Å². The van der Waals surface area contributed by atoms with Crippen LogP contribution in [0.15, 0.2) is 36.5 Å². The zero-order chi connectivity index (χ0) is 15.0. The molecule has 0 saturated heterocycles. The second-order valence-electron chi connectivity index (χ2n) is 4.52. The number of carbonyl (C=O) groups is 1. The maximum absolute atomic E-state index is 11.0. The van der Waals surface area contributed by atoms with Gasteiger partial charge in [0, 0.05) is 18.2 Å². The molecule has 0 bridgehead atoms. The van der Waals surface area contributed by atoms with Gasteiger partial charge in [-0.1, -0.05) is 12.1 Å². The first kappa shape index (κ1) is 12.9. The van der Waals surface area contributed by atoms with E-state index in [2.05, 4.69) is 15.4 Å².